The van der Waals surface area contributed by atoms with E-state index in [2.05, 4.69) is 26.2 Å². The molecule has 0 atom stereocenters. The first-order valence-corrected chi connectivity index (χ1v) is 10.6. The number of hydrogen-bond acceptors (Lipinski definition) is 4. The Balaban J connectivity index is 1.58. The Hall–Kier alpha value is -1.75. The van der Waals surface area contributed by atoms with E-state index in [1.165, 1.54) is 22.6 Å². The van der Waals surface area contributed by atoms with Gasteiger partial charge in [-0.1, -0.05) is 6.07 Å². The SMILES string of the molecule is O=C(NCCc1ccc(F)c(Br)c1)c1cc(S(=O)(=O)N2CCOCC2)c[nH]1. The van der Waals surface area contributed by atoms with Crippen LogP contribution in [-0.2, 0) is 21.2 Å². The molecule has 0 unspecified atom stereocenters. The van der Waals surface area contributed by atoms with Crippen LogP contribution in [-0.4, -0.2) is 56.5 Å². The monoisotopic (exact) mass is 459 g/mol. The highest BCUT2D eigenvalue weighted by atomic mass is 79.9. The number of rotatable bonds is 6. The Labute approximate surface area is 165 Å². The van der Waals surface area contributed by atoms with Crippen LogP contribution in [0.25, 0.3) is 0 Å². The molecule has 1 fully saturated rings. The van der Waals surface area contributed by atoms with Gasteiger partial charge in [-0.05, 0) is 46.1 Å². The second-order valence-corrected chi connectivity index (χ2v) is 8.81. The molecule has 0 spiro atoms. The van der Waals surface area contributed by atoms with Gasteiger partial charge in [0.1, 0.15) is 16.4 Å². The van der Waals surface area contributed by atoms with Gasteiger partial charge in [0.05, 0.1) is 17.7 Å². The molecule has 0 aliphatic carbocycles. The van der Waals surface area contributed by atoms with Gasteiger partial charge in [-0.3, -0.25) is 4.79 Å². The van der Waals surface area contributed by atoms with Crippen LogP contribution in [0.4, 0.5) is 4.39 Å². The first-order chi connectivity index (χ1) is 12.9. The normalized spacial score (nSPS) is 15.6. The highest BCUT2D eigenvalue weighted by molar-refractivity contribution is 9.10. The molecule has 1 aromatic heterocycles. The zero-order valence-electron chi connectivity index (χ0n) is 14.4. The third kappa shape index (κ3) is 4.75. The average molecular weight is 460 g/mol. The number of nitrogens with zero attached hydrogens (tertiary/aromatic N) is 1. The number of benzene rings is 1. The van der Waals surface area contributed by atoms with E-state index in [1.807, 2.05) is 0 Å². The quantitative estimate of drug-likeness (QED) is 0.689. The number of sulfonamides is 1. The van der Waals surface area contributed by atoms with E-state index >= 15 is 0 Å². The molecule has 27 heavy (non-hydrogen) atoms. The van der Waals surface area contributed by atoms with Crippen LogP contribution < -0.4 is 5.32 Å². The summed E-state index contributed by atoms with van der Waals surface area (Å²) in [4.78, 5) is 15.0. The molecule has 0 radical (unpaired) electrons. The molecule has 0 bridgehead atoms. The molecule has 1 aliphatic rings. The number of aromatic amines is 1. The lowest BCUT2D eigenvalue weighted by molar-refractivity contribution is 0.0730. The Morgan fingerprint density at radius 2 is 2.04 bits per heavy atom. The molecule has 3 rings (SSSR count). The number of amides is 1. The number of aromatic nitrogens is 1. The van der Waals surface area contributed by atoms with E-state index in [-0.39, 0.29) is 16.4 Å². The van der Waals surface area contributed by atoms with E-state index in [1.54, 1.807) is 12.1 Å². The summed E-state index contributed by atoms with van der Waals surface area (Å²) in [5.74, 6) is -0.747. The number of H-pyrrole nitrogens is 1. The lowest BCUT2D eigenvalue weighted by atomic mass is 10.1. The van der Waals surface area contributed by atoms with Crippen molar-refractivity contribution in [3.8, 4) is 0 Å². The van der Waals surface area contributed by atoms with Crippen molar-refractivity contribution in [2.75, 3.05) is 32.8 Å². The van der Waals surface area contributed by atoms with Crippen molar-refractivity contribution in [2.24, 2.45) is 0 Å². The minimum Gasteiger partial charge on any atom is -0.379 e. The molecule has 0 saturated carbocycles. The topological polar surface area (TPSA) is 91.5 Å². The number of hydrogen-bond donors (Lipinski definition) is 2. The summed E-state index contributed by atoms with van der Waals surface area (Å²) in [6, 6.07) is 5.99. The van der Waals surface area contributed by atoms with Crippen LogP contribution in [0.2, 0.25) is 0 Å². The summed E-state index contributed by atoms with van der Waals surface area (Å²) >= 11 is 3.12. The molecule has 2 heterocycles. The number of carbonyl (C=O) groups excluding carboxylic acids is 1. The Kier molecular flexibility index (Phi) is 6.30. The number of ether oxygens (including phenoxy) is 1. The Bertz CT molecular complexity index is 926. The van der Waals surface area contributed by atoms with E-state index < -0.39 is 15.9 Å². The third-order valence-electron chi connectivity index (χ3n) is 4.19. The fourth-order valence-corrected chi connectivity index (χ4v) is 4.53. The van der Waals surface area contributed by atoms with E-state index in [0.717, 1.165) is 5.56 Å². The summed E-state index contributed by atoms with van der Waals surface area (Å²) in [6.07, 6.45) is 1.83. The average Bonchev–Trinajstić information content (AvgIpc) is 3.16. The summed E-state index contributed by atoms with van der Waals surface area (Å²) in [7, 11) is -3.65. The highest BCUT2D eigenvalue weighted by Gasteiger charge is 2.27. The maximum Gasteiger partial charge on any atom is 0.267 e. The van der Waals surface area contributed by atoms with E-state index in [9.17, 15) is 17.6 Å². The number of carbonyl (C=O) groups is 1. The Morgan fingerprint density at radius 1 is 1.30 bits per heavy atom. The fourth-order valence-electron chi connectivity index (χ4n) is 2.70. The third-order valence-corrected chi connectivity index (χ3v) is 6.68. The zero-order chi connectivity index (χ0) is 19.4. The van der Waals surface area contributed by atoms with Crippen LogP contribution in [0.3, 0.4) is 0 Å². The van der Waals surface area contributed by atoms with E-state index in [4.69, 9.17) is 4.74 Å². The van der Waals surface area contributed by atoms with Crippen LogP contribution in [0, 0.1) is 5.82 Å². The van der Waals surface area contributed by atoms with Crippen LogP contribution >= 0.6 is 15.9 Å². The van der Waals surface area contributed by atoms with Crippen molar-refractivity contribution >= 4 is 31.9 Å². The minimum absolute atomic E-state index is 0.0528. The van der Waals surface area contributed by atoms with Gasteiger partial charge in [0.2, 0.25) is 10.0 Å². The van der Waals surface area contributed by atoms with Crippen LogP contribution in [0.5, 0.6) is 0 Å². The molecule has 10 heteroatoms. The molecule has 1 aromatic carbocycles. The largest absolute Gasteiger partial charge is 0.379 e. The van der Waals surface area contributed by atoms with E-state index in [0.29, 0.717) is 43.7 Å². The fraction of sp³-hybridized carbons (Fsp3) is 0.353. The first-order valence-electron chi connectivity index (χ1n) is 8.36. The van der Waals surface area contributed by atoms with Gasteiger partial charge in [0.25, 0.3) is 5.91 Å². The van der Waals surface area contributed by atoms with Gasteiger partial charge < -0.3 is 15.0 Å². The van der Waals surface area contributed by atoms with Crippen molar-refractivity contribution < 1.29 is 22.3 Å². The predicted octanol–water partition coefficient (Wildman–Crippen LogP) is 1.91. The van der Waals surface area contributed by atoms with Gasteiger partial charge in [0.15, 0.2) is 0 Å². The van der Waals surface area contributed by atoms with Gasteiger partial charge in [-0.2, -0.15) is 4.31 Å². The van der Waals surface area contributed by atoms with Gasteiger partial charge in [-0.15, -0.1) is 0 Å². The summed E-state index contributed by atoms with van der Waals surface area (Å²) in [6.45, 7) is 1.64. The number of halogens is 2. The summed E-state index contributed by atoms with van der Waals surface area (Å²) in [5, 5.41) is 2.72. The van der Waals surface area contributed by atoms with Gasteiger partial charge in [-0.25, -0.2) is 12.8 Å². The van der Waals surface area contributed by atoms with Crippen LogP contribution in [0.1, 0.15) is 16.1 Å². The smallest absolute Gasteiger partial charge is 0.267 e. The molecule has 1 aliphatic heterocycles. The maximum absolute atomic E-state index is 13.2. The lowest BCUT2D eigenvalue weighted by Gasteiger charge is -2.25. The van der Waals surface area contributed by atoms with Crippen LogP contribution in [0.15, 0.2) is 39.8 Å². The second-order valence-electron chi connectivity index (χ2n) is 6.02. The molecular weight excluding hydrogens is 441 g/mol. The standard InChI is InChI=1S/C17H19BrFN3O4S/c18-14-9-12(1-2-15(14)19)3-4-20-17(23)16-10-13(11-21-16)27(24,25)22-5-7-26-8-6-22/h1-2,9-11,21H,3-8H2,(H,20,23). The van der Waals surface area contributed by atoms with Gasteiger partial charge >= 0.3 is 0 Å². The highest BCUT2D eigenvalue weighted by Crippen LogP contribution is 2.19. The minimum atomic E-state index is -3.65. The molecule has 1 amide bonds. The van der Waals surface area contributed by atoms with Crippen molar-refractivity contribution in [3.63, 3.8) is 0 Å². The predicted molar refractivity (Wildman–Crippen MR) is 101 cm³/mol. The zero-order valence-corrected chi connectivity index (χ0v) is 16.8. The molecule has 146 valence electrons. The number of morpholine rings is 1. The van der Waals surface area contributed by atoms with Crippen molar-refractivity contribution in [2.45, 2.75) is 11.3 Å². The molecule has 2 aromatic rings. The number of nitrogens with one attached hydrogen (secondary N) is 2. The van der Waals surface area contributed by atoms with Gasteiger partial charge in [0, 0.05) is 25.8 Å². The van der Waals surface area contributed by atoms with Crippen molar-refractivity contribution in [1.82, 2.24) is 14.6 Å². The maximum atomic E-state index is 13.2. The van der Waals surface area contributed by atoms with Crippen molar-refractivity contribution in [3.05, 3.63) is 52.0 Å². The van der Waals surface area contributed by atoms with Crippen molar-refractivity contribution in [1.29, 1.82) is 0 Å². The molecule has 2 N–H and O–H groups in total. The molecule has 1 saturated heterocycles. The second kappa shape index (κ2) is 8.51. The lowest BCUT2D eigenvalue weighted by Crippen LogP contribution is -2.40. The Morgan fingerprint density at radius 3 is 2.74 bits per heavy atom. The summed E-state index contributed by atoms with van der Waals surface area (Å²) in [5.41, 5.74) is 1.03. The first kappa shape index (κ1) is 20.0. The molecule has 7 nitrogen and oxygen atoms in total. The summed E-state index contributed by atoms with van der Waals surface area (Å²) < 4.78 is 45.2. The molecular formula is C17H19BrFN3O4S.